The highest BCUT2D eigenvalue weighted by atomic mass is 15.1. The van der Waals surface area contributed by atoms with E-state index in [1.54, 1.807) is 12.5 Å². The van der Waals surface area contributed by atoms with Crippen molar-refractivity contribution in [2.75, 3.05) is 0 Å². The quantitative estimate of drug-likeness (QED) is 0.787. The molecule has 5 heteroatoms. The molecular weight excluding hydrogens is 250 g/mol. The summed E-state index contributed by atoms with van der Waals surface area (Å²) in [6.07, 6.45) is 3.32. The standard InChI is InChI=1S/C15H17N5/c1-11(17-9-12-7-8-16-10-18-12)15-19-13-5-3-4-6-14(13)20(15)2/h3-8,10-11,17H,9H2,1-2H3. The van der Waals surface area contributed by atoms with Gasteiger partial charge in [0.1, 0.15) is 12.2 Å². The molecule has 2 heterocycles. The van der Waals surface area contributed by atoms with Crippen molar-refractivity contribution in [3.8, 4) is 0 Å². The zero-order valence-corrected chi connectivity index (χ0v) is 11.6. The van der Waals surface area contributed by atoms with Gasteiger partial charge in [-0.3, -0.25) is 0 Å². The molecule has 0 bridgehead atoms. The van der Waals surface area contributed by atoms with Crippen molar-refractivity contribution in [2.45, 2.75) is 19.5 Å². The molecule has 2 aromatic heterocycles. The van der Waals surface area contributed by atoms with Gasteiger partial charge in [0.05, 0.1) is 22.8 Å². The normalized spacial score (nSPS) is 12.7. The number of aryl methyl sites for hydroxylation is 1. The molecule has 20 heavy (non-hydrogen) atoms. The van der Waals surface area contributed by atoms with E-state index in [1.807, 2.05) is 31.3 Å². The van der Waals surface area contributed by atoms with Gasteiger partial charge < -0.3 is 9.88 Å². The van der Waals surface area contributed by atoms with Gasteiger partial charge in [-0.1, -0.05) is 12.1 Å². The van der Waals surface area contributed by atoms with Crippen molar-refractivity contribution in [1.29, 1.82) is 0 Å². The number of para-hydroxylation sites is 2. The maximum absolute atomic E-state index is 4.69. The average molecular weight is 267 g/mol. The Morgan fingerprint density at radius 3 is 2.85 bits per heavy atom. The van der Waals surface area contributed by atoms with Gasteiger partial charge in [0.25, 0.3) is 0 Å². The predicted octanol–water partition coefficient (Wildman–Crippen LogP) is 2.21. The summed E-state index contributed by atoms with van der Waals surface area (Å²) in [5, 5.41) is 3.44. The van der Waals surface area contributed by atoms with E-state index < -0.39 is 0 Å². The van der Waals surface area contributed by atoms with E-state index in [0.29, 0.717) is 6.54 Å². The van der Waals surface area contributed by atoms with E-state index >= 15 is 0 Å². The summed E-state index contributed by atoms with van der Waals surface area (Å²) in [7, 11) is 2.05. The molecule has 0 radical (unpaired) electrons. The first kappa shape index (κ1) is 12.7. The summed E-state index contributed by atoms with van der Waals surface area (Å²) in [6, 6.07) is 10.2. The van der Waals surface area contributed by atoms with Gasteiger partial charge in [-0.2, -0.15) is 0 Å². The van der Waals surface area contributed by atoms with E-state index in [2.05, 4.69) is 32.8 Å². The van der Waals surface area contributed by atoms with Gasteiger partial charge in [-0.05, 0) is 25.1 Å². The monoisotopic (exact) mass is 267 g/mol. The largest absolute Gasteiger partial charge is 0.330 e. The number of hydrogen-bond donors (Lipinski definition) is 1. The van der Waals surface area contributed by atoms with Gasteiger partial charge in [0.15, 0.2) is 0 Å². The third-order valence-electron chi connectivity index (χ3n) is 3.44. The Kier molecular flexibility index (Phi) is 3.43. The first-order valence-electron chi connectivity index (χ1n) is 6.65. The van der Waals surface area contributed by atoms with Crippen LogP contribution in [0.25, 0.3) is 11.0 Å². The van der Waals surface area contributed by atoms with Gasteiger partial charge >= 0.3 is 0 Å². The number of benzene rings is 1. The molecule has 0 spiro atoms. The van der Waals surface area contributed by atoms with Crippen LogP contribution in [0.3, 0.4) is 0 Å². The lowest BCUT2D eigenvalue weighted by molar-refractivity contribution is 0.527. The van der Waals surface area contributed by atoms with Gasteiger partial charge in [0.2, 0.25) is 0 Å². The second-order valence-electron chi connectivity index (χ2n) is 4.82. The van der Waals surface area contributed by atoms with Crippen LogP contribution in [0, 0.1) is 0 Å². The summed E-state index contributed by atoms with van der Waals surface area (Å²) in [5.41, 5.74) is 3.16. The van der Waals surface area contributed by atoms with Crippen LogP contribution in [0.15, 0.2) is 42.9 Å². The number of imidazole rings is 1. The van der Waals surface area contributed by atoms with Gasteiger partial charge in [0, 0.05) is 19.8 Å². The molecule has 3 rings (SSSR count). The number of hydrogen-bond acceptors (Lipinski definition) is 4. The number of rotatable bonds is 4. The van der Waals surface area contributed by atoms with Crippen LogP contribution in [-0.2, 0) is 13.6 Å². The highest BCUT2D eigenvalue weighted by Gasteiger charge is 2.13. The fraction of sp³-hybridized carbons (Fsp3) is 0.267. The van der Waals surface area contributed by atoms with Crippen LogP contribution in [0.4, 0.5) is 0 Å². The van der Waals surface area contributed by atoms with Crippen molar-refractivity contribution in [3.05, 3.63) is 54.4 Å². The van der Waals surface area contributed by atoms with Crippen LogP contribution in [0.5, 0.6) is 0 Å². The summed E-state index contributed by atoms with van der Waals surface area (Å²) < 4.78 is 2.13. The number of fused-ring (bicyclic) bond motifs is 1. The Bertz CT molecular complexity index is 705. The molecule has 1 aromatic carbocycles. The average Bonchev–Trinajstić information content (AvgIpc) is 2.84. The molecule has 0 saturated heterocycles. The summed E-state index contributed by atoms with van der Waals surface area (Å²) >= 11 is 0. The maximum Gasteiger partial charge on any atom is 0.126 e. The Hall–Kier alpha value is -2.27. The maximum atomic E-state index is 4.69. The number of nitrogens with zero attached hydrogens (tertiary/aromatic N) is 4. The highest BCUT2D eigenvalue weighted by Crippen LogP contribution is 2.19. The lowest BCUT2D eigenvalue weighted by Crippen LogP contribution is -2.21. The molecule has 1 atom stereocenters. The van der Waals surface area contributed by atoms with E-state index in [9.17, 15) is 0 Å². The van der Waals surface area contributed by atoms with E-state index in [4.69, 9.17) is 4.98 Å². The molecule has 0 aliphatic heterocycles. The van der Waals surface area contributed by atoms with Crippen LogP contribution in [-0.4, -0.2) is 19.5 Å². The van der Waals surface area contributed by atoms with Crippen molar-refractivity contribution in [2.24, 2.45) is 7.05 Å². The molecule has 3 aromatic rings. The molecule has 1 N–H and O–H groups in total. The highest BCUT2D eigenvalue weighted by molar-refractivity contribution is 5.75. The van der Waals surface area contributed by atoms with Crippen molar-refractivity contribution >= 4 is 11.0 Å². The lowest BCUT2D eigenvalue weighted by atomic mass is 10.3. The van der Waals surface area contributed by atoms with E-state index in [0.717, 1.165) is 22.6 Å². The van der Waals surface area contributed by atoms with Crippen LogP contribution in [0.1, 0.15) is 24.5 Å². The predicted molar refractivity (Wildman–Crippen MR) is 78.0 cm³/mol. The van der Waals surface area contributed by atoms with Crippen molar-refractivity contribution < 1.29 is 0 Å². The molecule has 5 nitrogen and oxygen atoms in total. The van der Waals surface area contributed by atoms with Crippen molar-refractivity contribution in [3.63, 3.8) is 0 Å². The van der Waals surface area contributed by atoms with Crippen LogP contribution >= 0.6 is 0 Å². The fourth-order valence-electron chi connectivity index (χ4n) is 2.32. The zero-order chi connectivity index (χ0) is 13.9. The summed E-state index contributed by atoms with van der Waals surface area (Å²) in [6.45, 7) is 2.81. The molecular formula is C15H17N5. The second kappa shape index (κ2) is 5.38. The fourth-order valence-corrected chi connectivity index (χ4v) is 2.32. The SMILES string of the molecule is CC(NCc1ccncn1)c1nc2ccccc2n1C. The minimum atomic E-state index is 0.155. The molecule has 0 aliphatic carbocycles. The minimum Gasteiger partial charge on any atom is -0.330 e. The van der Waals surface area contributed by atoms with E-state index in [-0.39, 0.29) is 6.04 Å². The van der Waals surface area contributed by atoms with E-state index in [1.165, 1.54) is 0 Å². The molecule has 0 amide bonds. The first-order chi connectivity index (χ1) is 9.75. The Labute approximate surface area is 117 Å². The third kappa shape index (κ3) is 2.40. The minimum absolute atomic E-state index is 0.155. The molecule has 0 fully saturated rings. The third-order valence-corrected chi connectivity index (χ3v) is 3.44. The summed E-state index contributed by atoms with van der Waals surface area (Å²) in [4.78, 5) is 12.8. The number of aromatic nitrogens is 4. The Morgan fingerprint density at radius 2 is 2.10 bits per heavy atom. The van der Waals surface area contributed by atoms with Gasteiger partial charge in [-0.25, -0.2) is 15.0 Å². The van der Waals surface area contributed by atoms with Crippen LogP contribution in [0.2, 0.25) is 0 Å². The first-order valence-corrected chi connectivity index (χ1v) is 6.65. The lowest BCUT2D eigenvalue weighted by Gasteiger charge is -2.13. The van der Waals surface area contributed by atoms with Crippen LogP contribution < -0.4 is 5.32 Å². The second-order valence-corrected chi connectivity index (χ2v) is 4.82. The van der Waals surface area contributed by atoms with Crippen molar-refractivity contribution in [1.82, 2.24) is 24.8 Å². The number of nitrogens with one attached hydrogen (secondary N) is 1. The molecule has 0 saturated carbocycles. The van der Waals surface area contributed by atoms with Gasteiger partial charge in [-0.15, -0.1) is 0 Å². The topological polar surface area (TPSA) is 55.6 Å². The molecule has 1 unspecified atom stereocenters. The molecule has 102 valence electrons. The molecule has 0 aliphatic rings. The Balaban J connectivity index is 1.79. The summed E-state index contributed by atoms with van der Waals surface area (Å²) in [5.74, 6) is 1.03. The Morgan fingerprint density at radius 1 is 1.25 bits per heavy atom. The zero-order valence-electron chi connectivity index (χ0n) is 11.6. The smallest absolute Gasteiger partial charge is 0.126 e.